The van der Waals surface area contributed by atoms with Crippen LogP contribution in [0, 0.1) is 0 Å². The van der Waals surface area contributed by atoms with Crippen LogP contribution in [0.2, 0.25) is 0 Å². The molecule has 5 nitrogen and oxygen atoms in total. The van der Waals surface area contributed by atoms with Gasteiger partial charge in [0.25, 0.3) is 0 Å². The lowest BCUT2D eigenvalue weighted by Gasteiger charge is -2.12. The van der Waals surface area contributed by atoms with Crippen LogP contribution in [0.15, 0.2) is 47.1 Å². The Hall–Kier alpha value is -2.27. The van der Waals surface area contributed by atoms with E-state index >= 15 is 0 Å². The molecule has 2 aromatic heterocycles. The second-order valence-electron chi connectivity index (χ2n) is 4.00. The number of fused-ring (bicyclic) bond motifs is 1. The molecule has 0 radical (unpaired) electrons. The first-order chi connectivity index (χ1) is 8.86. The van der Waals surface area contributed by atoms with Crippen LogP contribution in [0.5, 0.6) is 0 Å². The van der Waals surface area contributed by atoms with Gasteiger partial charge in [0.1, 0.15) is 11.8 Å². The summed E-state index contributed by atoms with van der Waals surface area (Å²) >= 11 is 0. The van der Waals surface area contributed by atoms with E-state index in [2.05, 4.69) is 15.3 Å². The zero-order valence-electron chi connectivity index (χ0n) is 9.63. The topological polar surface area (TPSA) is 74.1 Å². The minimum Gasteiger partial charge on any atom is -0.467 e. The van der Waals surface area contributed by atoms with Crippen molar-refractivity contribution in [3.8, 4) is 0 Å². The Balaban J connectivity index is 1.86. The van der Waals surface area contributed by atoms with Crippen molar-refractivity contribution in [1.82, 2.24) is 9.97 Å². The standard InChI is InChI=1S/C13H13N3O2/c17-8-11(12-6-3-7-18-12)16-13-14-9-4-1-2-5-10(9)15-13/h1-7,11,17H,8H2,(H2,14,15,16). The smallest absolute Gasteiger partial charge is 0.201 e. The quantitative estimate of drug-likeness (QED) is 0.657. The van der Waals surface area contributed by atoms with Crippen molar-refractivity contribution in [3.63, 3.8) is 0 Å². The first-order valence-corrected chi connectivity index (χ1v) is 5.72. The number of H-pyrrole nitrogens is 1. The summed E-state index contributed by atoms with van der Waals surface area (Å²) in [6.07, 6.45) is 1.58. The molecule has 0 bridgehead atoms. The van der Waals surface area contributed by atoms with Crippen LogP contribution in [-0.2, 0) is 0 Å². The Morgan fingerprint density at radius 1 is 1.28 bits per heavy atom. The molecular formula is C13H13N3O2. The fourth-order valence-corrected chi connectivity index (χ4v) is 1.88. The largest absolute Gasteiger partial charge is 0.467 e. The van der Waals surface area contributed by atoms with E-state index in [-0.39, 0.29) is 12.6 Å². The van der Waals surface area contributed by atoms with E-state index in [4.69, 9.17) is 4.42 Å². The minimum atomic E-state index is -0.305. The molecule has 18 heavy (non-hydrogen) atoms. The molecule has 0 saturated carbocycles. The van der Waals surface area contributed by atoms with Crippen LogP contribution in [0.25, 0.3) is 11.0 Å². The molecule has 3 aromatic rings. The van der Waals surface area contributed by atoms with E-state index in [0.717, 1.165) is 11.0 Å². The highest BCUT2D eigenvalue weighted by molar-refractivity contribution is 5.77. The van der Waals surface area contributed by atoms with Crippen LogP contribution in [0.1, 0.15) is 11.8 Å². The lowest BCUT2D eigenvalue weighted by Crippen LogP contribution is -2.14. The zero-order valence-corrected chi connectivity index (χ0v) is 9.63. The third-order valence-corrected chi connectivity index (χ3v) is 2.77. The highest BCUT2D eigenvalue weighted by Gasteiger charge is 2.14. The summed E-state index contributed by atoms with van der Waals surface area (Å²) in [7, 11) is 0. The number of anilines is 1. The van der Waals surface area contributed by atoms with Crippen LogP contribution in [0.3, 0.4) is 0 Å². The van der Waals surface area contributed by atoms with Crippen molar-refractivity contribution in [2.24, 2.45) is 0 Å². The number of aliphatic hydroxyl groups is 1. The molecule has 5 heteroatoms. The van der Waals surface area contributed by atoms with Gasteiger partial charge in [-0.1, -0.05) is 12.1 Å². The minimum absolute atomic E-state index is 0.0649. The van der Waals surface area contributed by atoms with E-state index in [1.54, 1.807) is 12.3 Å². The summed E-state index contributed by atoms with van der Waals surface area (Å²) in [5, 5.41) is 12.5. The lowest BCUT2D eigenvalue weighted by atomic mass is 10.2. The SMILES string of the molecule is OCC(Nc1nc2ccccc2[nH]1)c1ccco1. The van der Waals surface area contributed by atoms with E-state index < -0.39 is 0 Å². The summed E-state index contributed by atoms with van der Waals surface area (Å²) in [5.41, 5.74) is 1.84. The highest BCUT2D eigenvalue weighted by atomic mass is 16.3. The van der Waals surface area contributed by atoms with Crippen molar-refractivity contribution in [2.75, 3.05) is 11.9 Å². The van der Waals surface area contributed by atoms with Crippen LogP contribution in [-0.4, -0.2) is 21.7 Å². The number of hydrogen-bond donors (Lipinski definition) is 3. The number of furan rings is 1. The van der Waals surface area contributed by atoms with Crippen molar-refractivity contribution < 1.29 is 9.52 Å². The average Bonchev–Trinajstić information content (AvgIpc) is 3.04. The number of para-hydroxylation sites is 2. The van der Waals surface area contributed by atoms with Gasteiger partial charge < -0.3 is 19.8 Å². The van der Waals surface area contributed by atoms with Gasteiger partial charge in [-0.25, -0.2) is 4.98 Å². The van der Waals surface area contributed by atoms with E-state index in [1.807, 2.05) is 30.3 Å². The molecule has 0 aliphatic carbocycles. The highest BCUT2D eigenvalue weighted by Crippen LogP contribution is 2.20. The van der Waals surface area contributed by atoms with E-state index in [9.17, 15) is 5.11 Å². The summed E-state index contributed by atoms with van der Waals surface area (Å²) in [5.74, 6) is 1.30. The number of nitrogens with one attached hydrogen (secondary N) is 2. The number of imidazole rings is 1. The Labute approximate surface area is 103 Å². The molecule has 0 spiro atoms. The third-order valence-electron chi connectivity index (χ3n) is 2.77. The van der Waals surface area contributed by atoms with Crippen molar-refractivity contribution in [3.05, 3.63) is 48.4 Å². The number of benzene rings is 1. The van der Waals surface area contributed by atoms with Gasteiger partial charge in [-0.2, -0.15) is 0 Å². The maximum Gasteiger partial charge on any atom is 0.201 e. The number of nitrogens with zero attached hydrogens (tertiary/aromatic N) is 1. The summed E-state index contributed by atoms with van der Waals surface area (Å²) in [6.45, 7) is -0.0649. The van der Waals surface area contributed by atoms with Gasteiger partial charge in [-0.05, 0) is 24.3 Å². The van der Waals surface area contributed by atoms with Gasteiger partial charge in [0, 0.05) is 0 Å². The molecule has 1 unspecified atom stereocenters. The first kappa shape index (κ1) is 10.9. The monoisotopic (exact) mass is 243 g/mol. The number of rotatable bonds is 4. The van der Waals surface area contributed by atoms with Crippen LogP contribution in [0.4, 0.5) is 5.95 Å². The van der Waals surface area contributed by atoms with Gasteiger partial charge >= 0.3 is 0 Å². The Morgan fingerprint density at radius 2 is 2.17 bits per heavy atom. The number of aromatic amines is 1. The van der Waals surface area contributed by atoms with Gasteiger partial charge in [0.05, 0.1) is 23.9 Å². The molecule has 3 N–H and O–H groups in total. The van der Waals surface area contributed by atoms with E-state index in [1.165, 1.54) is 0 Å². The van der Waals surface area contributed by atoms with Gasteiger partial charge in [0.15, 0.2) is 0 Å². The Kier molecular flexibility index (Phi) is 2.74. The molecule has 0 saturated heterocycles. The van der Waals surface area contributed by atoms with E-state index in [0.29, 0.717) is 11.7 Å². The molecule has 1 atom stereocenters. The summed E-state index contributed by atoms with van der Waals surface area (Å²) in [6, 6.07) is 11.1. The molecule has 1 aromatic carbocycles. The molecule has 0 aliphatic rings. The van der Waals surface area contributed by atoms with Crippen LogP contribution >= 0.6 is 0 Å². The second-order valence-corrected chi connectivity index (χ2v) is 4.00. The van der Waals surface area contributed by atoms with Gasteiger partial charge in [0.2, 0.25) is 5.95 Å². The summed E-state index contributed by atoms with van der Waals surface area (Å²) < 4.78 is 5.27. The van der Waals surface area contributed by atoms with Crippen LogP contribution < -0.4 is 5.32 Å². The average molecular weight is 243 g/mol. The molecular weight excluding hydrogens is 230 g/mol. The first-order valence-electron chi connectivity index (χ1n) is 5.72. The summed E-state index contributed by atoms with van der Waals surface area (Å²) in [4.78, 5) is 7.54. The predicted octanol–water partition coefficient (Wildman–Crippen LogP) is 2.30. The number of aromatic nitrogens is 2. The predicted molar refractivity (Wildman–Crippen MR) is 68.3 cm³/mol. The van der Waals surface area contributed by atoms with Crippen molar-refractivity contribution in [1.29, 1.82) is 0 Å². The Morgan fingerprint density at radius 3 is 2.89 bits per heavy atom. The normalized spacial score (nSPS) is 12.7. The van der Waals surface area contributed by atoms with Gasteiger partial charge in [-0.15, -0.1) is 0 Å². The maximum absolute atomic E-state index is 9.37. The number of aliphatic hydroxyl groups excluding tert-OH is 1. The fourth-order valence-electron chi connectivity index (χ4n) is 1.88. The molecule has 0 fully saturated rings. The molecule has 0 amide bonds. The van der Waals surface area contributed by atoms with Crippen molar-refractivity contribution >= 4 is 17.0 Å². The zero-order chi connectivity index (χ0) is 12.4. The third kappa shape index (κ3) is 1.96. The second kappa shape index (κ2) is 4.54. The molecule has 92 valence electrons. The van der Waals surface area contributed by atoms with Crippen molar-refractivity contribution in [2.45, 2.75) is 6.04 Å². The Bertz CT molecular complexity index is 598. The molecule has 0 aliphatic heterocycles. The maximum atomic E-state index is 9.37. The lowest BCUT2D eigenvalue weighted by molar-refractivity contribution is 0.260. The van der Waals surface area contributed by atoms with Gasteiger partial charge in [-0.3, -0.25) is 0 Å². The molecule has 3 rings (SSSR count). The fraction of sp³-hybridized carbons (Fsp3) is 0.154. The molecule has 2 heterocycles. The number of hydrogen-bond acceptors (Lipinski definition) is 4.